The van der Waals surface area contributed by atoms with E-state index in [0.29, 0.717) is 12.6 Å². The van der Waals surface area contributed by atoms with Crippen molar-refractivity contribution in [2.24, 2.45) is 5.84 Å². The summed E-state index contributed by atoms with van der Waals surface area (Å²) in [5.41, 5.74) is 2.16. The third kappa shape index (κ3) is 3.77. The van der Waals surface area contributed by atoms with Crippen LogP contribution in [-0.4, -0.2) is 55.0 Å². The second kappa shape index (κ2) is 6.05. The monoisotopic (exact) mass is 214 g/mol. The second-order valence-electron chi connectivity index (χ2n) is 4.15. The van der Waals surface area contributed by atoms with Crippen LogP contribution in [0, 0.1) is 0 Å². The Bertz CT molecular complexity index is 202. The van der Waals surface area contributed by atoms with Crippen molar-refractivity contribution in [3.05, 3.63) is 0 Å². The molecule has 0 atom stereocenters. The van der Waals surface area contributed by atoms with Crippen LogP contribution in [0.2, 0.25) is 0 Å². The van der Waals surface area contributed by atoms with Crippen LogP contribution in [0.15, 0.2) is 0 Å². The first-order chi connectivity index (χ1) is 7.17. The number of nitrogens with one attached hydrogen (secondary N) is 1. The topological polar surface area (TPSA) is 61.6 Å². The molecule has 1 saturated heterocycles. The van der Waals surface area contributed by atoms with Gasteiger partial charge in [-0.3, -0.25) is 15.1 Å². The molecule has 1 aliphatic heterocycles. The van der Waals surface area contributed by atoms with Crippen molar-refractivity contribution in [3.8, 4) is 0 Å². The molecule has 0 saturated carbocycles. The Morgan fingerprint density at radius 2 is 2.13 bits per heavy atom. The van der Waals surface area contributed by atoms with Crippen LogP contribution in [0.4, 0.5) is 0 Å². The maximum absolute atomic E-state index is 11.1. The smallest absolute Gasteiger partial charge is 0.248 e. The number of hydrogen-bond acceptors (Lipinski definition) is 4. The van der Waals surface area contributed by atoms with Gasteiger partial charge in [0.15, 0.2) is 0 Å². The van der Waals surface area contributed by atoms with E-state index in [0.717, 1.165) is 32.5 Å². The van der Waals surface area contributed by atoms with Crippen LogP contribution in [0.25, 0.3) is 0 Å². The molecule has 88 valence electrons. The standard InChI is InChI=1S/C10H22N4O/c1-3-14-6-4-9(5-7-14)13(2)8-10(15)12-11/h9H,3-8,11H2,1-2H3,(H,12,15). The molecule has 15 heavy (non-hydrogen) atoms. The van der Waals surface area contributed by atoms with Crippen LogP contribution in [0.1, 0.15) is 19.8 Å². The van der Waals surface area contributed by atoms with Gasteiger partial charge in [0.1, 0.15) is 0 Å². The van der Waals surface area contributed by atoms with Gasteiger partial charge in [0.2, 0.25) is 5.91 Å². The molecule has 0 bridgehead atoms. The van der Waals surface area contributed by atoms with Crippen molar-refractivity contribution in [1.29, 1.82) is 0 Å². The van der Waals surface area contributed by atoms with Crippen molar-refractivity contribution in [2.75, 3.05) is 33.2 Å². The number of piperidine rings is 1. The van der Waals surface area contributed by atoms with Gasteiger partial charge in [-0.05, 0) is 39.5 Å². The van der Waals surface area contributed by atoms with Gasteiger partial charge in [-0.1, -0.05) is 6.92 Å². The molecule has 0 radical (unpaired) electrons. The van der Waals surface area contributed by atoms with Crippen LogP contribution in [-0.2, 0) is 4.79 Å². The fraction of sp³-hybridized carbons (Fsp3) is 0.900. The second-order valence-corrected chi connectivity index (χ2v) is 4.15. The molecule has 1 heterocycles. The summed E-state index contributed by atoms with van der Waals surface area (Å²) in [5.74, 6) is 4.94. The van der Waals surface area contributed by atoms with E-state index in [1.165, 1.54) is 0 Å². The highest BCUT2D eigenvalue weighted by Gasteiger charge is 2.22. The number of amides is 1. The predicted octanol–water partition coefficient (Wildman–Crippen LogP) is -0.608. The lowest BCUT2D eigenvalue weighted by molar-refractivity contribution is -0.122. The van der Waals surface area contributed by atoms with E-state index >= 15 is 0 Å². The fourth-order valence-electron chi connectivity index (χ4n) is 2.08. The summed E-state index contributed by atoms with van der Waals surface area (Å²) in [6.45, 7) is 5.98. The summed E-state index contributed by atoms with van der Waals surface area (Å²) in [4.78, 5) is 15.6. The molecule has 1 aliphatic rings. The van der Waals surface area contributed by atoms with Gasteiger partial charge in [-0.15, -0.1) is 0 Å². The molecule has 1 rings (SSSR count). The lowest BCUT2D eigenvalue weighted by Gasteiger charge is -2.35. The van der Waals surface area contributed by atoms with E-state index < -0.39 is 0 Å². The lowest BCUT2D eigenvalue weighted by Crippen LogP contribution is -2.47. The molecule has 5 nitrogen and oxygen atoms in total. The highest BCUT2D eigenvalue weighted by molar-refractivity contribution is 5.77. The summed E-state index contributed by atoms with van der Waals surface area (Å²) >= 11 is 0. The quantitative estimate of drug-likeness (QED) is 0.372. The van der Waals surface area contributed by atoms with Gasteiger partial charge >= 0.3 is 0 Å². The molecule has 5 heteroatoms. The number of rotatable bonds is 4. The van der Waals surface area contributed by atoms with Gasteiger partial charge in [0.05, 0.1) is 6.54 Å². The molecular formula is C10H22N4O. The minimum absolute atomic E-state index is 0.115. The first kappa shape index (κ1) is 12.4. The summed E-state index contributed by atoms with van der Waals surface area (Å²) in [6.07, 6.45) is 2.28. The minimum Gasteiger partial charge on any atom is -0.303 e. The van der Waals surface area contributed by atoms with Gasteiger partial charge in [0.25, 0.3) is 0 Å². The number of nitrogens with zero attached hydrogens (tertiary/aromatic N) is 2. The number of carbonyl (C=O) groups is 1. The number of likely N-dealkylation sites (tertiary alicyclic amines) is 1. The van der Waals surface area contributed by atoms with E-state index in [1.807, 2.05) is 7.05 Å². The average molecular weight is 214 g/mol. The number of likely N-dealkylation sites (N-methyl/N-ethyl adjacent to an activating group) is 1. The third-order valence-electron chi connectivity index (χ3n) is 3.18. The molecule has 0 aliphatic carbocycles. The predicted molar refractivity (Wildman–Crippen MR) is 60.1 cm³/mol. The maximum Gasteiger partial charge on any atom is 0.248 e. The Labute approximate surface area is 91.6 Å². The maximum atomic E-state index is 11.1. The zero-order chi connectivity index (χ0) is 11.3. The molecule has 0 unspecified atom stereocenters. The molecule has 0 aromatic rings. The summed E-state index contributed by atoms with van der Waals surface area (Å²) < 4.78 is 0. The Morgan fingerprint density at radius 3 is 2.60 bits per heavy atom. The van der Waals surface area contributed by atoms with Crippen molar-refractivity contribution in [2.45, 2.75) is 25.8 Å². The van der Waals surface area contributed by atoms with Crippen LogP contribution >= 0.6 is 0 Å². The number of carbonyl (C=O) groups excluding carboxylic acids is 1. The van der Waals surface area contributed by atoms with E-state index in [9.17, 15) is 4.79 Å². The summed E-state index contributed by atoms with van der Waals surface area (Å²) in [6, 6.07) is 0.519. The van der Waals surface area contributed by atoms with Crippen LogP contribution in [0.3, 0.4) is 0 Å². The van der Waals surface area contributed by atoms with E-state index in [1.54, 1.807) is 0 Å². The van der Waals surface area contributed by atoms with Gasteiger partial charge in [-0.2, -0.15) is 0 Å². The molecule has 3 N–H and O–H groups in total. The lowest BCUT2D eigenvalue weighted by atomic mass is 10.0. The first-order valence-corrected chi connectivity index (χ1v) is 5.59. The van der Waals surface area contributed by atoms with Crippen molar-refractivity contribution >= 4 is 5.91 Å². The van der Waals surface area contributed by atoms with Crippen molar-refractivity contribution in [3.63, 3.8) is 0 Å². The number of hydrazine groups is 1. The minimum atomic E-state index is -0.115. The van der Waals surface area contributed by atoms with E-state index in [-0.39, 0.29) is 5.91 Å². The van der Waals surface area contributed by atoms with E-state index in [4.69, 9.17) is 5.84 Å². The Hall–Kier alpha value is -0.650. The Kier molecular flexibility index (Phi) is 5.01. The van der Waals surface area contributed by atoms with Gasteiger partial charge < -0.3 is 4.90 Å². The molecule has 0 spiro atoms. The summed E-state index contributed by atoms with van der Waals surface area (Å²) in [5, 5.41) is 0. The molecule has 1 amide bonds. The first-order valence-electron chi connectivity index (χ1n) is 5.59. The molecule has 1 fully saturated rings. The SMILES string of the molecule is CCN1CCC(N(C)CC(=O)NN)CC1. The van der Waals surface area contributed by atoms with Crippen LogP contribution in [0.5, 0.6) is 0 Å². The zero-order valence-corrected chi connectivity index (χ0v) is 9.70. The Balaban J connectivity index is 2.29. The number of nitrogens with two attached hydrogens (primary N) is 1. The van der Waals surface area contributed by atoms with Crippen molar-refractivity contribution in [1.82, 2.24) is 15.2 Å². The number of hydrogen-bond donors (Lipinski definition) is 2. The molecule has 0 aromatic carbocycles. The molecular weight excluding hydrogens is 192 g/mol. The van der Waals surface area contributed by atoms with E-state index in [2.05, 4.69) is 22.1 Å². The fourth-order valence-corrected chi connectivity index (χ4v) is 2.08. The Morgan fingerprint density at radius 1 is 1.53 bits per heavy atom. The summed E-state index contributed by atoms with van der Waals surface area (Å²) in [7, 11) is 1.99. The highest BCUT2D eigenvalue weighted by Crippen LogP contribution is 2.14. The highest BCUT2D eigenvalue weighted by atomic mass is 16.2. The van der Waals surface area contributed by atoms with Crippen LogP contribution < -0.4 is 11.3 Å². The average Bonchev–Trinajstić information content (AvgIpc) is 2.29. The zero-order valence-electron chi connectivity index (χ0n) is 9.70. The third-order valence-corrected chi connectivity index (χ3v) is 3.18. The normalized spacial score (nSPS) is 19.5. The largest absolute Gasteiger partial charge is 0.303 e. The van der Waals surface area contributed by atoms with Gasteiger partial charge in [0, 0.05) is 6.04 Å². The van der Waals surface area contributed by atoms with Crippen molar-refractivity contribution < 1.29 is 4.79 Å². The van der Waals surface area contributed by atoms with Gasteiger partial charge in [-0.25, -0.2) is 5.84 Å². The molecule has 0 aromatic heterocycles.